The molecule has 6 nitrogen and oxygen atoms in total. The highest BCUT2D eigenvalue weighted by molar-refractivity contribution is 5.71. The van der Waals surface area contributed by atoms with Crippen LogP contribution in [-0.2, 0) is 28.6 Å². The van der Waals surface area contributed by atoms with E-state index in [1.165, 1.54) is 135 Å². The van der Waals surface area contributed by atoms with E-state index in [1.54, 1.807) is 0 Å². The van der Waals surface area contributed by atoms with Gasteiger partial charge in [-0.3, -0.25) is 14.4 Å². The van der Waals surface area contributed by atoms with E-state index in [2.05, 4.69) is 34.6 Å². The summed E-state index contributed by atoms with van der Waals surface area (Å²) >= 11 is 0. The maximum atomic E-state index is 12.7. The molecule has 0 aromatic heterocycles. The molecule has 0 fully saturated rings. The van der Waals surface area contributed by atoms with Crippen molar-refractivity contribution in [1.82, 2.24) is 0 Å². The normalized spacial score (nSPS) is 13.1. The van der Waals surface area contributed by atoms with Crippen molar-refractivity contribution in [3.05, 3.63) is 0 Å². The van der Waals surface area contributed by atoms with Crippen LogP contribution in [0.1, 0.15) is 247 Å². The molecule has 0 aliphatic heterocycles. The summed E-state index contributed by atoms with van der Waals surface area (Å²) in [6.07, 6.45) is 36.5. The zero-order valence-electron chi connectivity index (χ0n) is 35.4. The van der Waals surface area contributed by atoms with E-state index in [9.17, 15) is 14.4 Å². The fraction of sp³-hybridized carbons (Fsp3) is 0.935. The minimum atomic E-state index is -0.760. The summed E-state index contributed by atoms with van der Waals surface area (Å²) in [5.41, 5.74) is 0. The first kappa shape index (κ1) is 50.4. The van der Waals surface area contributed by atoms with E-state index in [4.69, 9.17) is 14.2 Å². The van der Waals surface area contributed by atoms with Gasteiger partial charge in [-0.15, -0.1) is 0 Å². The van der Waals surface area contributed by atoms with Gasteiger partial charge >= 0.3 is 17.9 Å². The molecular weight excluding hydrogens is 648 g/mol. The largest absolute Gasteiger partial charge is 0.462 e. The zero-order chi connectivity index (χ0) is 38.3. The van der Waals surface area contributed by atoms with Crippen LogP contribution in [0.2, 0.25) is 0 Å². The topological polar surface area (TPSA) is 78.9 Å². The number of carbonyl (C=O) groups excluding carboxylic acids is 3. The second-order valence-corrected chi connectivity index (χ2v) is 16.2. The third-order valence-corrected chi connectivity index (χ3v) is 10.9. The van der Waals surface area contributed by atoms with Crippen LogP contribution in [0.25, 0.3) is 0 Å². The molecule has 52 heavy (non-hydrogen) atoms. The lowest BCUT2D eigenvalue weighted by atomic mass is 9.99. The van der Waals surface area contributed by atoms with Gasteiger partial charge in [0, 0.05) is 19.3 Å². The number of hydrogen-bond donors (Lipinski definition) is 0. The average Bonchev–Trinajstić information content (AvgIpc) is 3.14. The van der Waals surface area contributed by atoms with Crippen LogP contribution in [0.15, 0.2) is 0 Å². The Kier molecular flexibility index (Phi) is 37.9. The fourth-order valence-corrected chi connectivity index (χ4v) is 6.69. The lowest BCUT2D eigenvalue weighted by Gasteiger charge is -2.18. The Morgan fingerprint density at radius 2 is 0.673 bits per heavy atom. The Labute approximate surface area is 323 Å². The summed E-state index contributed by atoms with van der Waals surface area (Å²) in [6, 6.07) is 0. The van der Waals surface area contributed by atoms with Gasteiger partial charge in [0.05, 0.1) is 0 Å². The van der Waals surface area contributed by atoms with Crippen molar-refractivity contribution >= 4 is 17.9 Å². The van der Waals surface area contributed by atoms with Gasteiger partial charge in [0.15, 0.2) is 6.10 Å². The molecule has 0 aromatic carbocycles. The molecule has 0 aliphatic carbocycles. The molecular formula is C46H88O6. The maximum absolute atomic E-state index is 12.7. The van der Waals surface area contributed by atoms with Crippen LogP contribution in [0.3, 0.4) is 0 Å². The molecule has 308 valence electrons. The summed E-state index contributed by atoms with van der Waals surface area (Å²) in [4.78, 5) is 37.7. The van der Waals surface area contributed by atoms with E-state index in [0.717, 1.165) is 69.6 Å². The van der Waals surface area contributed by atoms with Crippen LogP contribution >= 0.6 is 0 Å². The lowest BCUT2D eigenvalue weighted by molar-refractivity contribution is -0.167. The van der Waals surface area contributed by atoms with Gasteiger partial charge < -0.3 is 14.2 Å². The number of carbonyl (C=O) groups is 3. The molecule has 0 saturated carbocycles. The highest BCUT2D eigenvalue weighted by Crippen LogP contribution is 2.17. The van der Waals surface area contributed by atoms with E-state index in [0.29, 0.717) is 19.3 Å². The summed E-state index contributed by atoms with van der Waals surface area (Å²) in [7, 11) is 0. The first-order valence-corrected chi connectivity index (χ1v) is 22.8. The van der Waals surface area contributed by atoms with E-state index in [1.807, 2.05) is 0 Å². The Morgan fingerprint density at radius 3 is 1.00 bits per heavy atom. The SMILES string of the molecule is CCCCCCCCCCCCC(=O)OC[C@@H](COC(=O)CCCCCCCCCCCCC(C)CC)OC(=O)CCCCCCCCC(C)CC. The van der Waals surface area contributed by atoms with Gasteiger partial charge in [-0.25, -0.2) is 0 Å². The van der Waals surface area contributed by atoms with Gasteiger partial charge in [-0.2, -0.15) is 0 Å². The van der Waals surface area contributed by atoms with Crippen molar-refractivity contribution in [3.8, 4) is 0 Å². The van der Waals surface area contributed by atoms with E-state index < -0.39 is 6.10 Å². The Hall–Kier alpha value is -1.59. The van der Waals surface area contributed by atoms with Crippen molar-refractivity contribution in [2.24, 2.45) is 11.8 Å². The molecule has 0 amide bonds. The molecule has 3 atom stereocenters. The average molecular weight is 737 g/mol. The zero-order valence-corrected chi connectivity index (χ0v) is 35.4. The quantitative estimate of drug-likeness (QED) is 0.0354. The summed E-state index contributed by atoms with van der Waals surface area (Å²) in [6.45, 7) is 11.3. The highest BCUT2D eigenvalue weighted by atomic mass is 16.6. The first-order valence-electron chi connectivity index (χ1n) is 22.8. The van der Waals surface area contributed by atoms with Crippen molar-refractivity contribution in [2.45, 2.75) is 253 Å². The monoisotopic (exact) mass is 737 g/mol. The number of esters is 3. The third-order valence-electron chi connectivity index (χ3n) is 10.9. The minimum Gasteiger partial charge on any atom is -0.462 e. The van der Waals surface area contributed by atoms with Crippen LogP contribution < -0.4 is 0 Å². The molecule has 0 bridgehead atoms. The molecule has 0 aliphatic rings. The molecule has 0 N–H and O–H groups in total. The lowest BCUT2D eigenvalue weighted by Crippen LogP contribution is -2.30. The summed E-state index contributed by atoms with van der Waals surface area (Å²) < 4.78 is 16.7. The Bertz CT molecular complexity index is 798. The highest BCUT2D eigenvalue weighted by Gasteiger charge is 2.19. The predicted octanol–water partition coefficient (Wildman–Crippen LogP) is 14.2. The molecule has 0 radical (unpaired) electrons. The van der Waals surface area contributed by atoms with Crippen molar-refractivity contribution in [2.75, 3.05) is 13.2 Å². The third kappa shape index (κ3) is 36.8. The predicted molar refractivity (Wildman–Crippen MR) is 220 cm³/mol. The summed E-state index contributed by atoms with van der Waals surface area (Å²) in [5.74, 6) is 0.818. The number of hydrogen-bond acceptors (Lipinski definition) is 6. The van der Waals surface area contributed by atoms with Crippen LogP contribution in [-0.4, -0.2) is 37.2 Å². The first-order chi connectivity index (χ1) is 25.3. The van der Waals surface area contributed by atoms with Crippen LogP contribution in [0.5, 0.6) is 0 Å². The number of unbranched alkanes of at least 4 members (excludes halogenated alkanes) is 23. The van der Waals surface area contributed by atoms with E-state index in [-0.39, 0.29) is 31.1 Å². The fourth-order valence-electron chi connectivity index (χ4n) is 6.69. The Balaban J connectivity index is 4.33. The molecule has 6 heteroatoms. The Morgan fingerprint density at radius 1 is 0.385 bits per heavy atom. The molecule has 0 rings (SSSR count). The molecule has 2 unspecified atom stereocenters. The molecule has 0 spiro atoms. The molecule has 0 saturated heterocycles. The van der Waals surface area contributed by atoms with Gasteiger partial charge in [-0.05, 0) is 31.1 Å². The molecule has 0 heterocycles. The second kappa shape index (κ2) is 39.1. The number of rotatable bonds is 40. The minimum absolute atomic E-state index is 0.0658. The summed E-state index contributed by atoms with van der Waals surface area (Å²) in [5, 5.41) is 0. The number of ether oxygens (including phenoxy) is 3. The second-order valence-electron chi connectivity index (χ2n) is 16.2. The van der Waals surface area contributed by atoms with Gasteiger partial charge in [0.1, 0.15) is 13.2 Å². The smallest absolute Gasteiger partial charge is 0.306 e. The van der Waals surface area contributed by atoms with E-state index >= 15 is 0 Å². The van der Waals surface area contributed by atoms with Gasteiger partial charge in [-0.1, -0.05) is 208 Å². The maximum Gasteiger partial charge on any atom is 0.306 e. The molecule has 0 aromatic rings. The van der Waals surface area contributed by atoms with Crippen LogP contribution in [0, 0.1) is 11.8 Å². The standard InChI is InChI=1S/C46H88O6/c1-6-9-10-11-12-13-17-20-26-31-36-44(47)50-39-43(52-46(49)38-33-28-23-22-25-30-35-42(5)8-3)40-51-45(48)37-32-27-21-18-15-14-16-19-24-29-34-41(4)7-2/h41-43H,6-40H2,1-5H3/t41?,42?,43-/m0/s1. The van der Waals surface area contributed by atoms with Crippen molar-refractivity contribution < 1.29 is 28.6 Å². The van der Waals surface area contributed by atoms with Gasteiger partial charge in [0.25, 0.3) is 0 Å². The van der Waals surface area contributed by atoms with Crippen molar-refractivity contribution in [1.29, 1.82) is 0 Å². The van der Waals surface area contributed by atoms with Crippen LogP contribution in [0.4, 0.5) is 0 Å². The van der Waals surface area contributed by atoms with Crippen molar-refractivity contribution in [3.63, 3.8) is 0 Å². The van der Waals surface area contributed by atoms with Gasteiger partial charge in [0.2, 0.25) is 0 Å².